The molecule has 1 amide bonds. The van der Waals surface area contributed by atoms with Crippen molar-refractivity contribution in [1.29, 1.82) is 0 Å². The minimum Gasteiger partial charge on any atom is -0.352 e. The average Bonchev–Trinajstić information content (AvgIpc) is 2.69. The molecule has 3 aromatic rings. The Morgan fingerprint density at radius 3 is 2.48 bits per heavy atom. The lowest BCUT2D eigenvalue weighted by molar-refractivity contribution is 0.0953. The maximum absolute atomic E-state index is 12.6. The maximum atomic E-state index is 12.6. The highest BCUT2D eigenvalue weighted by molar-refractivity contribution is 6.00. The molecule has 0 saturated carbocycles. The van der Waals surface area contributed by atoms with Crippen molar-refractivity contribution in [3.05, 3.63) is 90.3 Å². The molecule has 0 fully saturated rings. The Balaban J connectivity index is 1.54. The van der Waals surface area contributed by atoms with E-state index in [1.807, 2.05) is 66.9 Å². The van der Waals surface area contributed by atoms with E-state index < -0.39 is 0 Å². The predicted octanol–water partition coefficient (Wildman–Crippen LogP) is 4.50. The molecule has 1 aromatic heterocycles. The molecule has 0 saturated heterocycles. The van der Waals surface area contributed by atoms with E-state index in [-0.39, 0.29) is 5.91 Å². The Morgan fingerprint density at radius 2 is 1.68 bits per heavy atom. The van der Waals surface area contributed by atoms with E-state index in [1.165, 1.54) is 5.56 Å². The number of carbonyl (C=O) groups is 1. The van der Waals surface area contributed by atoms with E-state index in [2.05, 4.69) is 16.4 Å². The third kappa shape index (κ3) is 4.77. The Bertz CT molecular complexity index is 801. The summed E-state index contributed by atoms with van der Waals surface area (Å²) in [5.41, 5.74) is 3.99. The van der Waals surface area contributed by atoms with Gasteiger partial charge < -0.3 is 5.32 Å². The van der Waals surface area contributed by atoms with Crippen molar-refractivity contribution in [3.63, 3.8) is 0 Å². The number of amides is 1. The van der Waals surface area contributed by atoms with E-state index in [4.69, 9.17) is 0 Å². The fraction of sp³-hybridized carbons (Fsp3) is 0.182. The number of rotatable bonds is 7. The van der Waals surface area contributed by atoms with E-state index in [9.17, 15) is 4.79 Å². The Morgan fingerprint density at radius 1 is 0.880 bits per heavy atom. The van der Waals surface area contributed by atoms with Gasteiger partial charge in [-0.25, -0.2) is 0 Å². The van der Waals surface area contributed by atoms with Gasteiger partial charge in [0.2, 0.25) is 0 Å². The van der Waals surface area contributed by atoms with E-state index in [0.29, 0.717) is 6.54 Å². The molecule has 3 rings (SSSR count). The quantitative estimate of drug-likeness (QED) is 0.648. The van der Waals surface area contributed by atoms with Crippen LogP contribution in [0.1, 0.15) is 28.8 Å². The summed E-state index contributed by atoms with van der Waals surface area (Å²) in [6.45, 7) is 0.683. The maximum Gasteiger partial charge on any atom is 0.251 e. The third-order valence-corrected chi connectivity index (χ3v) is 4.16. The fourth-order valence-electron chi connectivity index (χ4n) is 2.85. The first-order valence-electron chi connectivity index (χ1n) is 8.66. The molecule has 0 atom stereocenters. The van der Waals surface area contributed by atoms with Gasteiger partial charge >= 0.3 is 0 Å². The van der Waals surface area contributed by atoms with Crippen LogP contribution in [0.25, 0.3) is 11.1 Å². The van der Waals surface area contributed by atoms with Gasteiger partial charge in [-0.2, -0.15) is 0 Å². The second kappa shape index (κ2) is 8.78. The summed E-state index contributed by atoms with van der Waals surface area (Å²) in [7, 11) is 0. The number of benzene rings is 2. The molecule has 0 bridgehead atoms. The van der Waals surface area contributed by atoms with Crippen LogP contribution < -0.4 is 5.32 Å². The van der Waals surface area contributed by atoms with Crippen LogP contribution in [-0.2, 0) is 6.42 Å². The molecule has 3 nitrogen and oxygen atoms in total. The van der Waals surface area contributed by atoms with Gasteiger partial charge in [0, 0.05) is 24.5 Å². The van der Waals surface area contributed by atoms with Crippen molar-refractivity contribution in [2.45, 2.75) is 19.3 Å². The van der Waals surface area contributed by atoms with Crippen LogP contribution >= 0.6 is 0 Å². The molecule has 1 N–H and O–H groups in total. The second-order valence-corrected chi connectivity index (χ2v) is 5.99. The Kier molecular flexibility index (Phi) is 5.94. The molecule has 0 spiro atoms. The minimum absolute atomic E-state index is 0.0131. The molecule has 0 aliphatic carbocycles. The summed E-state index contributed by atoms with van der Waals surface area (Å²) < 4.78 is 0. The smallest absolute Gasteiger partial charge is 0.251 e. The molecule has 25 heavy (non-hydrogen) atoms. The van der Waals surface area contributed by atoms with E-state index in [1.54, 1.807) is 6.20 Å². The summed E-state index contributed by atoms with van der Waals surface area (Å²) in [5, 5.41) is 3.04. The Labute approximate surface area is 148 Å². The molecule has 2 aromatic carbocycles. The zero-order valence-corrected chi connectivity index (χ0v) is 14.2. The van der Waals surface area contributed by atoms with Crippen molar-refractivity contribution in [1.82, 2.24) is 10.3 Å². The van der Waals surface area contributed by atoms with Gasteiger partial charge in [0.1, 0.15) is 0 Å². The van der Waals surface area contributed by atoms with Crippen molar-refractivity contribution >= 4 is 5.91 Å². The molecule has 0 radical (unpaired) electrons. The van der Waals surface area contributed by atoms with Crippen LogP contribution in [0.3, 0.4) is 0 Å². The molecule has 126 valence electrons. The molecule has 3 heteroatoms. The van der Waals surface area contributed by atoms with Gasteiger partial charge in [0.15, 0.2) is 0 Å². The number of nitrogens with zero attached hydrogens (tertiary/aromatic N) is 1. The highest BCUT2D eigenvalue weighted by Crippen LogP contribution is 2.23. The number of hydrogen-bond donors (Lipinski definition) is 1. The number of pyridine rings is 1. The predicted molar refractivity (Wildman–Crippen MR) is 101 cm³/mol. The van der Waals surface area contributed by atoms with Crippen LogP contribution in [0, 0.1) is 0 Å². The highest BCUT2D eigenvalue weighted by atomic mass is 16.1. The molecule has 0 aliphatic heterocycles. The normalized spacial score (nSPS) is 10.4. The van der Waals surface area contributed by atoms with Crippen LogP contribution in [0.5, 0.6) is 0 Å². The zero-order valence-electron chi connectivity index (χ0n) is 14.2. The Hall–Kier alpha value is -2.94. The third-order valence-electron chi connectivity index (χ3n) is 4.16. The summed E-state index contributed by atoms with van der Waals surface area (Å²) in [6.07, 6.45) is 6.66. The van der Waals surface area contributed by atoms with Gasteiger partial charge in [-0.05, 0) is 48.1 Å². The van der Waals surface area contributed by atoms with Crippen molar-refractivity contribution < 1.29 is 4.79 Å². The molecule has 0 aliphatic rings. The summed E-state index contributed by atoms with van der Waals surface area (Å²) in [5.74, 6) is -0.0131. The summed E-state index contributed by atoms with van der Waals surface area (Å²) >= 11 is 0. The first kappa shape index (κ1) is 16.9. The average molecular weight is 330 g/mol. The van der Waals surface area contributed by atoms with Gasteiger partial charge in [-0.3, -0.25) is 9.78 Å². The lowest BCUT2D eigenvalue weighted by Crippen LogP contribution is -2.25. The number of aromatic nitrogens is 1. The standard InChI is InChI=1S/C22H22N2O/c25-22(24-16-7-6-9-18-10-8-15-23-17-18)21-14-5-4-13-20(21)19-11-2-1-3-12-19/h1-5,8,10-15,17H,6-7,9,16H2,(H,24,25). The van der Waals surface area contributed by atoms with Gasteiger partial charge in [0.25, 0.3) is 5.91 Å². The van der Waals surface area contributed by atoms with Crippen molar-refractivity contribution in [2.75, 3.05) is 6.54 Å². The number of unbranched alkanes of at least 4 members (excludes halogenated alkanes) is 1. The second-order valence-electron chi connectivity index (χ2n) is 5.99. The van der Waals surface area contributed by atoms with E-state index in [0.717, 1.165) is 36.0 Å². The van der Waals surface area contributed by atoms with Gasteiger partial charge in [0.05, 0.1) is 0 Å². The largest absolute Gasteiger partial charge is 0.352 e. The molecule has 0 unspecified atom stereocenters. The monoisotopic (exact) mass is 330 g/mol. The lowest BCUT2D eigenvalue weighted by atomic mass is 9.99. The van der Waals surface area contributed by atoms with E-state index >= 15 is 0 Å². The van der Waals surface area contributed by atoms with Crippen LogP contribution in [0.2, 0.25) is 0 Å². The minimum atomic E-state index is -0.0131. The highest BCUT2D eigenvalue weighted by Gasteiger charge is 2.11. The molecular formula is C22H22N2O. The van der Waals surface area contributed by atoms with Gasteiger partial charge in [-0.15, -0.1) is 0 Å². The van der Waals surface area contributed by atoms with Gasteiger partial charge in [-0.1, -0.05) is 54.6 Å². The number of hydrogen-bond acceptors (Lipinski definition) is 2. The fourth-order valence-corrected chi connectivity index (χ4v) is 2.85. The summed E-state index contributed by atoms with van der Waals surface area (Å²) in [6, 6.07) is 21.8. The van der Waals surface area contributed by atoms with Crippen LogP contribution in [0.4, 0.5) is 0 Å². The van der Waals surface area contributed by atoms with Crippen molar-refractivity contribution in [3.8, 4) is 11.1 Å². The molecular weight excluding hydrogens is 308 g/mol. The van der Waals surface area contributed by atoms with Crippen LogP contribution in [0.15, 0.2) is 79.1 Å². The number of nitrogens with one attached hydrogen (secondary N) is 1. The zero-order chi connectivity index (χ0) is 17.3. The SMILES string of the molecule is O=C(NCCCCc1cccnc1)c1ccccc1-c1ccccc1. The number of aryl methyl sites for hydroxylation is 1. The first-order chi connectivity index (χ1) is 12.3. The topological polar surface area (TPSA) is 42.0 Å². The van der Waals surface area contributed by atoms with Crippen LogP contribution in [-0.4, -0.2) is 17.4 Å². The van der Waals surface area contributed by atoms with Crippen molar-refractivity contribution in [2.24, 2.45) is 0 Å². The first-order valence-corrected chi connectivity index (χ1v) is 8.66. The lowest BCUT2D eigenvalue weighted by Gasteiger charge is -2.10. The summed E-state index contributed by atoms with van der Waals surface area (Å²) in [4.78, 5) is 16.7. The molecule has 1 heterocycles. The number of carbonyl (C=O) groups excluding carboxylic acids is 1.